The van der Waals surface area contributed by atoms with Crippen LogP contribution in [0.25, 0.3) is 0 Å². The third-order valence-electron chi connectivity index (χ3n) is 3.40. The molecule has 0 atom stereocenters. The van der Waals surface area contributed by atoms with Crippen molar-refractivity contribution in [1.29, 1.82) is 0 Å². The van der Waals surface area contributed by atoms with Crippen molar-refractivity contribution in [2.45, 2.75) is 12.8 Å². The van der Waals surface area contributed by atoms with Gasteiger partial charge >= 0.3 is 22.3 Å². The first kappa shape index (κ1) is 34.0. The molecule has 15 nitrogen and oxygen atoms in total. The smallest absolute Gasteiger partial charge is 0.394 e. The first-order chi connectivity index (χ1) is 16.5. The van der Waals surface area contributed by atoms with E-state index in [1.807, 2.05) is 0 Å². The number of carboxylic acid groups (broad SMARTS) is 1. The zero-order valence-corrected chi connectivity index (χ0v) is 19.2. The number of halogens is 2. The number of carbonyl (C=O) groups excluding carboxylic acids is 1. The number of nitro groups is 2. The topological polar surface area (TPSA) is 245 Å². The Morgan fingerprint density at radius 2 is 1.22 bits per heavy atom. The van der Waals surface area contributed by atoms with Crippen LogP contribution in [-0.2, 0) is 37.6 Å². The SMILES string of the molecule is CO.COC(=O)Cc1ccc([N+](=O)[O-])cc1F.O=C(O)Cc1ccc([N+](=O)[O-])cc1F.O=S(=O)(O)O. The quantitative estimate of drug-likeness (QED) is 0.176. The number of ether oxygens (including phenoxy) is 1. The van der Waals surface area contributed by atoms with E-state index in [9.17, 15) is 38.6 Å². The van der Waals surface area contributed by atoms with Gasteiger partial charge in [-0.2, -0.15) is 8.42 Å². The molecule has 4 N–H and O–H groups in total. The number of carboxylic acids is 1. The third-order valence-corrected chi connectivity index (χ3v) is 3.40. The van der Waals surface area contributed by atoms with Crippen LogP contribution in [0.15, 0.2) is 36.4 Å². The Labute approximate surface area is 201 Å². The van der Waals surface area contributed by atoms with Crippen LogP contribution in [0.2, 0.25) is 0 Å². The van der Waals surface area contributed by atoms with Crippen molar-refractivity contribution >= 4 is 33.7 Å². The van der Waals surface area contributed by atoms with E-state index in [-0.39, 0.29) is 23.2 Å². The Morgan fingerprint density at radius 3 is 1.47 bits per heavy atom. The first-order valence-corrected chi connectivity index (χ1v) is 10.2. The second-order valence-electron chi connectivity index (χ2n) is 5.84. The summed E-state index contributed by atoms with van der Waals surface area (Å²) in [4.78, 5) is 40.1. The average molecular weight is 542 g/mol. The minimum atomic E-state index is -4.67. The van der Waals surface area contributed by atoms with Gasteiger partial charge in [0.2, 0.25) is 0 Å². The van der Waals surface area contributed by atoms with Crippen LogP contribution in [0.4, 0.5) is 20.2 Å². The Morgan fingerprint density at radius 1 is 0.889 bits per heavy atom. The molecule has 0 aromatic heterocycles. The molecule has 0 saturated carbocycles. The highest BCUT2D eigenvalue weighted by molar-refractivity contribution is 7.79. The van der Waals surface area contributed by atoms with Gasteiger partial charge in [0.05, 0.1) is 41.9 Å². The molecule has 0 aliphatic rings. The first-order valence-electron chi connectivity index (χ1n) is 8.84. The van der Waals surface area contributed by atoms with E-state index in [0.717, 1.165) is 31.4 Å². The largest absolute Gasteiger partial charge is 0.481 e. The fourth-order valence-corrected chi connectivity index (χ4v) is 1.98. The van der Waals surface area contributed by atoms with Crippen LogP contribution in [-0.4, -0.2) is 63.7 Å². The van der Waals surface area contributed by atoms with E-state index in [1.165, 1.54) is 13.2 Å². The summed E-state index contributed by atoms with van der Waals surface area (Å²) in [5.74, 6) is -3.43. The molecule has 2 rings (SSSR count). The number of benzene rings is 2. The van der Waals surface area contributed by atoms with Crippen molar-refractivity contribution in [3.8, 4) is 0 Å². The monoisotopic (exact) mass is 542 g/mol. The van der Waals surface area contributed by atoms with Crippen molar-refractivity contribution in [3.63, 3.8) is 0 Å². The number of rotatable bonds is 6. The lowest BCUT2D eigenvalue weighted by Gasteiger charge is -2.01. The van der Waals surface area contributed by atoms with Gasteiger partial charge in [-0.05, 0) is 23.3 Å². The predicted octanol–water partition coefficient (Wildman–Crippen LogP) is 1.77. The van der Waals surface area contributed by atoms with Crippen molar-refractivity contribution in [3.05, 3.63) is 79.4 Å². The van der Waals surface area contributed by atoms with Gasteiger partial charge in [0.25, 0.3) is 11.4 Å². The van der Waals surface area contributed by atoms with Gasteiger partial charge < -0.3 is 14.9 Å². The maximum atomic E-state index is 13.2. The third kappa shape index (κ3) is 15.7. The fourth-order valence-electron chi connectivity index (χ4n) is 1.98. The lowest BCUT2D eigenvalue weighted by Crippen LogP contribution is -2.06. The summed E-state index contributed by atoms with van der Waals surface area (Å²) in [6, 6.07) is 5.99. The van der Waals surface area contributed by atoms with Crippen LogP contribution in [0.5, 0.6) is 0 Å². The van der Waals surface area contributed by atoms with Crippen molar-refractivity contribution in [1.82, 2.24) is 0 Å². The lowest BCUT2D eigenvalue weighted by atomic mass is 10.1. The van der Waals surface area contributed by atoms with Crippen LogP contribution in [0.1, 0.15) is 11.1 Å². The lowest BCUT2D eigenvalue weighted by molar-refractivity contribution is -0.385. The molecule has 0 bridgehead atoms. The molecule has 200 valence electrons. The number of carbonyl (C=O) groups is 2. The highest BCUT2D eigenvalue weighted by Gasteiger charge is 2.13. The minimum Gasteiger partial charge on any atom is -0.481 e. The molecular formula is C18H20F2N2O13S. The predicted molar refractivity (Wildman–Crippen MR) is 115 cm³/mol. The number of hydrogen-bond acceptors (Lipinski definition) is 10. The van der Waals surface area contributed by atoms with Gasteiger partial charge in [-0.15, -0.1) is 0 Å². The van der Waals surface area contributed by atoms with Crippen LogP contribution >= 0.6 is 0 Å². The van der Waals surface area contributed by atoms with E-state index >= 15 is 0 Å². The van der Waals surface area contributed by atoms with E-state index in [1.54, 1.807) is 0 Å². The van der Waals surface area contributed by atoms with Gasteiger partial charge in [-0.25, -0.2) is 8.78 Å². The molecule has 0 unspecified atom stereocenters. The van der Waals surface area contributed by atoms with Gasteiger partial charge in [-0.3, -0.25) is 38.9 Å². The van der Waals surface area contributed by atoms with Gasteiger partial charge in [0, 0.05) is 19.2 Å². The van der Waals surface area contributed by atoms with Crippen LogP contribution in [0, 0.1) is 31.9 Å². The van der Waals surface area contributed by atoms with E-state index in [2.05, 4.69) is 4.74 Å². The molecule has 18 heteroatoms. The Balaban J connectivity index is 0. The summed E-state index contributed by atoms with van der Waals surface area (Å²) < 4.78 is 62.1. The maximum absolute atomic E-state index is 13.2. The summed E-state index contributed by atoms with van der Waals surface area (Å²) in [5, 5.41) is 35.9. The minimum absolute atomic E-state index is 0.0666. The number of methoxy groups -OCH3 is 1. The maximum Gasteiger partial charge on any atom is 0.394 e. The summed E-state index contributed by atoms with van der Waals surface area (Å²) in [6.07, 6.45) is -0.718. The number of aliphatic hydroxyl groups excluding tert-OH is 1. The number of non-ortho nitro benzene ring substituents is 2. The normalized spacial score (nSPS) is 9.64. The molecule has 0 spiro atoms. The zero-order valence-electron chi connectivity index (χ0n) is 18.4. The number of aliphatic carboxylic acids is 1. The molecular weight excluding hydrogens is 522 g/mol. The van der Waals surface area contributed by atoms with Crippen LogP contribution in [0.3, 0.4) is 0 Å². The molecule has 36 heavy (non-hydrogen) atoms. The molecule has 2 aromatic carbocycles. The van der Waals surface area contributed by atoms with Gasteiger partial charge in [-0.1, -0.05) is 0 Å². The second-order valence-corrected chi connectivity index (χ2v) is 6.73. The van der Waals surface area contributed by atoms with E-state index in [0.29, 0.717) is 6.07 Å². The molecule has 0 amide bonds. The summed E-state index contributed by atoms with van der Waals surface area (Å²) in [6.45, 7) is 0. The number of nitrogens with zero attached hydrogens (tertiary/aromatic N) is 2. The average Bonchev–Trinajstić information content (AvgIpc) is 2.76. The fraction of sp³-hybridized carbons (Fsp3) is 0.222. The molecule has 0 aliphatic carbocycles. The van der Waals surface area contributed by atoms with Crippen molar-refractivity contribution < 1.29 is 60.7 Å². The van der Waals surface area contributed by atoms with Crippen molar-refractivity contribution in [2.75, 3.05) is 14.2 Å². The molecule has 0 radical (unpaired) electrons. The number of hydrogen-bond donors (Lipinski definition) is 4. The van der Waals surface area contributed by atoms with Crippen LogP contribution < -0.4 is 0 Å². The molecule has 0 fully saturated rings. The number of nitro benzene ring substituents is 2. The Hall–Kier alpha value is -4.13. The summed E-state index contributed by atoms with van der Waals surface area (Å²) in [7, 11) is -2.48. The highest BCUT2D eigenvalue weighted by Crippen LogP contribution is 2.17. The second kappa shape index (κ2) is 16.5. The Kier molecular flexibility index (Phi) is 15.6. The van der Waals surface area contributed by atoms with Crippen molar-refractivity contribution in [2.24, 2.45) is 0 Å². The van der Waals surface area contributed by atoms with Gasteiger partial charge in [0.15, 0.2) is 0 Å². The van der Waals surface area contributed by atoms with Gasteiger partial charge in [0.1, 0.15) is 11.6 Å². The molecule has 2 aromatic rings. The molecule has 0 aliphatic heterocycles. The summed E-state index contributed by atoms with van der Waals surface area (Å²) in [5.41, 5.74) is -0.728. The molecule has 0 heterocycles. The summed E-state index contributed by atoms with van der Waals surface area (Å²) >= 11 is 0. The molecule has 0 saturated heterocycles. The highest BCUT2D eigenvalue weighted by atomic mass is 32.3. The Bertz CT molecular complexity index is 1170. The number of aliphatic hydroxyl groups is 1. The van der Waals surface area contributed by atoms with E-state index in [4.69, 9.17) is 27.7 Å². The van der Waals surface area contributed by atoms with E-state index < -0.39 is 55.9 Å². The zero-order chi connectivity index (χ0) is 28.6. The number of esters is 1. The standard InChI is InChI=1S/C9H8FNO4.C8H6FNO4.CH4O.H2O4S/c1-15-9(12)4-6-2-3-7(11(13)14)5-8(6)10;9-7-4-6(10(13)14)2-1-5(7)3-8(11)12;1-2;1-5(2,3)4/h2-3,5H,4H2,1H3;1-2,4H,3H2,(H,11,12);2H,1H3;(H2,1,2,3,4).